The highest BCUT2D eigenvalue weighted by molar-refractivity contribution is 9.10. The van der Waals surface area contributed by atoms with E-state index in [-0.39, 0.29) is 12.5 Å². The van der Waals surface area contributed by atoms with E-state index in [1.165, 1.54) is 12.4 Å². The van der Waals surface area contributed by atoms with E-state index in [0.29, 0.717) is 11.5 Å². The maximum Gasteiger partial charge on any atom is 0.338 e. The summed E-state index contributed by atoms with van der Waals surface area (Å²) in [6.07, 6.45) is 3.04. The summed E-state index contributed by atoms with van der Waals surface area (Å²) in [5.41, 5.74) is 1.20. The summed E-state index contributed by atoms with van der Waals surface area (Å²) in [6.45, 7) is -0.0847. The Labute approximate surface area is 134 Å². The molecule has 22 heavy (non-hydrogen) atoms. The summed E-state index contributed by atoms with van der Waals surface area (Å²) >= 11 is 3.42. The van der Waals surface area contributed by atoms with Crippen molar-refractivity contribution in [1.29, 1.82) is 0 Å². The zero-order valence-electron chi connectivity index (χ0n) is 11.3. The van der Waals surface area contributed by atoms with E-state index in [1.54, 1.807) is 12.1 Å². The molecule has 0 aliphatic heterocycles. The quantitative estimate of drug-likeness (QED) is 0.665. The number of carbonyl (C=O) groups excluding carboxylic acids is 1. The zero-order valence-corrected chi connectivity index (χ0v) is 12.9. The van der Waals surface area contributed by atoms with Crippen molar-refractivity contribution in [2.24, 2.45) is 0 Å². The molecule has 110 valence electrons. The maximum absolute atomic E-state index is 11.8. The molecule has 3 rings (SSSR count). The van der Waals surface area contributed by atoms with Crippen molar-refractivity contribution < 1.29 is 13.9 Å². The molecule has 2 aromatic heterocycles. The minimum Gasteiger partial charge on any atom is -0.452 e. The second kappa shape index (κ2) is 6.48. The topological polar surface area (TPSA) is 78.1 Å². The summed E-state index contributed by atoms with van der Waals surface area (Å²) in [5.74, 6) is 0.124. The fourth-order valence-electron chi connectivity index (χ4n) is 1.75. The average molecular weight is 360 g/mol. The van der Waals surface area contributed by atoms with Crippen LogP contribution in [0.5, 0.6) is 0 Å². The van der Waals surface area contributed by atoms with Crippen LogP contribution >= 0.6 is 15.9 Å². The van der Waals surface area contributed by atoms with Gasteiger partial charge in [0.2, 0.25) is 5.89 Å². The Bertz CT molecular complexity index is 789. The Morgan fingerprint density at radius 1 is 1.14 bits per heavy atom. The number of rotatable bonds is 4. The molecule has 0 aliphatic rings. The third-order valence-electron chi connectivity index (χ3n) is 2.81. The Morgan fingerprint density at radius 2 is 1.91 bits per heavy atom. The molecular formula is C15H10BrN3O3. The first-order chi connectivity index (χ1) is 10.7. The monoisotopic (exact) mass is 359 g/mol. The highest BCUT2D eigenvalue weighted by Crippen LogP contribution is 2.26. The molecule has 0 amide bonds. The molecule has 0 saturated heterocycles. The zero-order chi connectivity index (χ0) is 15.4. The molecule has 7 heteroatoms. The molecule has 2 heterocycles. The Morgan fingerprint density at radius 3 is 2.68 bits per heavy atom. The lowest BCUT2D eigenvalue weighted by molar-refractivity contribution is 0.0438. The van der Waals surface area contributed by atoms with Crippen molar-refractivity contribution in [1.82, 2.24) is 15.2 Å². The van der Waals surface area contributed by atoms with E-state index in [0.717, 1.165) is 10.0 Å². The highest BCUT2D eigenvalue weighted by atomic mass is 79.9. The second-order valence-electron chi connectivity index (χ2n) is 4.29. The van der Waals surface area contributed by atoms with Gasteiger partial charge in [-0.25, -0.2) is 4.79 Å². The predicted molar refractivity (Wildman–Crippen MR) is 80.8 cm³/mol. The molecule has 0 N–H and O–H groups in total. The van der Waals surface area contributed by atoms with Crippen molar-refractivity contribution in [3.05, 3.63) is 64.7 Å². The standard InChI is InChI=1S/C15H10BrN3O3/c16-12-4-2-1-3-11(12)14-19-18-13(22-14)9-21-15(20)10-5-7-17-8-6-10/h1-8H,9H2. The number of ether oxygens (including phenoxy) is 1. The summed E-state index contributed by atoms with van der Waals surface area (Å²) < 4.78 is 11.5. The number of pyridine rings is 1. The van der Waals surface area contributed by atoms with E-state index in [4.69, 9.17) is 9.15 Å². The summed E-state index contributed by atoms with van der Waals surface area (Å²) in [4.78, 5) is 15.6. The van der Waals surface area contributed by atoms with Crippen molar-refractivity contribution in [3.8, 4) is 11.5 Å². The molecule has 0 spiro atoms. The second-order valence-corrected chi connectivity index (χ2v) is 5.15. The number of hydrogen-bond acceptors (Lipinski definition) is 6. The van der Waals surface area contributed by atoms with Crippen LogP contribution in [0.1, 0.15) is 16.2 Å². The number of carbonyl (C=O) groups is 1. The van der Waals surface area contributed by atoms with E-state index in [1.807, 2.05) is 24.3 Å². The summed E-state index contributed by atoms with van der Waals surface area (Å²) in [7, 11) is 0. The lowest BCUT2D eigenvalue weighted by atomic mass is 10.2. The third kappa shape index (κ3) is 3.20. The van der Waals surface area contributed by atoms with Gasteiger partial charge in [-0.15, -0.1) is 10.2 Å². The molecule has 0 aliphatic carbocycles. The van der Waals surface area contributed by atoms with Crippen molar-refractivity contribution >= 4 is 21.9 Å². The molecule has 1 aromatic carbocycles. The SMILES string of the molecule is O=C(OCc1nnc(-c2ccccc2Br)o1)c1ccncc1. The third-order valence-corrected chi connectivity index (χ3v) is 3.51. The van der Waals surface area contributed by atoms with Crippen LogP contribution in [0.15, 0.2) is 57.7 Å². The van der Waals surface area contributed by atoms with Crippen LogP contribution < -0.4 is 0 Å². The molecule has 0 unspecified atom stereocenters. The first kappa shape index (κ1) is 14.4. The van der Waals surface area contributed by atoms with E-state index in [9.17, 15) is 4.79 Å². The van der Waals surface area contributed by atoms with Gasteiger partial charge in [0.25, 0.3) is 5.89 Å². The molecule has 0 fully saturated rings. The molecule has 3 aromatic rings. The average Bonchev–Trinajstić information content (AvgIpc) is 3.02. The van der Waals surface area contributed by atoms with E-state index in [2.05, 4.69) is 31.1 Å². The number of hydrogen-bond donors (Lipinski definition) is 0. The number of benzene rings is 1. The number of nitrogens with zero attached hydrogens (tertiary/aromatic N) is 3. The number of aromatic nitrogens is 3. The van der Waals surface area contributed by atoms with Gasteiger partial charge in [0.15, 0.2) is 6.61 Å². The first-order valence-corrected chi connectivity index (χ1v) is 7.18. The molecule has 0 bridgehead atoms. The van der Waals surface area contributed by atoms with Crippen LogP contribution in [0.4, 0.5) is 0 Å². The van der Waals surface area contributed by atoms with Crippen molar-refractivity contribution in [2.75, 3.05) is 0 Å². The van der Waals surface area contributed by atoms with Crippen LogP contribution in [0.2, 0.25) is 0 Å². The Kier molecular flexibility index (Phi) is 4.24. The van der Waals surface area contributed by atoms with Crippen molar-refractivity contribution in [2.45, 2.75) is 6.61 Å². The van der Waals surface area contributed by atoms with Gasteiger partial charge < -0.3 is 9.15 Å². The molecule has 6 nitrogen and oxygen atoms in total. The van der Waals surface area contributed by atoms with Crippen molar-refractivity contribution in [3.63, 3.8) is 0 Å². The van der Waals surface area contributed by atoms with Gasteiger partial charge in [0.05, 0.1) is 11.1 Å². The van der Waals surface area contributed by atoms with Gasteiger partial charge in [-0.3, -0.25) is 4.98 Å². The van der Waals surface area contributed by atoms with Gasteiger partial charge in [0, 0.05) is 16.9 Å². The van der Waals surface area contributed by atoms with E-state index < -0.39 is 5.97 Å². The lowest BCUT2D eigenvalue weighted by Gasteiger charge is -2.01. The summed E-state index contributed by atoms with van der Waals surface area (Å²) in [5, 5.41) is 7.82. The van der Waals surface area contributed by atoms with Gasteiger partial charge >= 0.3 is 5.97 Å². The minimum absolute atomic E-state index is 0.0847. The largest absolute Gasteiger partial charge is 0.452 e. The Balaban J connectivity index is 1.68. The fraction of sp³-hybridized carbons (Fsp3) is 0.0667. The number of esters is 1. The van der Waals surface area contributed by atoms with Crippen LogP contribution in [0.25, 0.3) is 11.5 Å². The van der Waals surface area contributed by atoms with Gasteiger partial charge in [-0.2, -0.15) is 0 Å². The maximum atomic E-state index is 11.8. The predicted octanol–water partition coefficient (Wildman–Crippen LogP) is 3.25. The van der Waals surface area contributed by atoms with Crippen LogP contribution in [0, 0.1) is 0 Å². The fourth-order valence-corrected chi connectivity index (χ4v) is 2.21. The normalized spacial score (nSPS) is 10.4. The van der Waals surface area contributed by atoms with E-state index >= 15 is 0 Å². The lowest BCUT2D eigenvalue weighted by Crippen LogP contribution is -2.05. The smallest absolute Gasteiger partial charge is 0.338 e. The highest BCUT2D eigenvalue weighted by Gasteiger charge is 2.13. The van der Waals surface area contributed by atoms with Crippen LogP contribution in [-0.4, -0.2) is 21.2 Å². The molecule has 0 radical (unpaired) electrons. The summed E-state index contributed by atoms with van der Waals surface area (Å²) in [6, 6.07) is 10.6. The minimum atomic E-state index is -0.469. The van der Waals surface area contributed by atoms with Crippen LogP contribution in [0.3, 0.4) is 0 Å². The molecule has 0 atom stereocenters. The molecule has 0 saturated carbocycles. The first-order valence-electron chi connectivity index (χ1n) is 6.38. The van der Waals surface area contributed by atoms with Gasteiger partial charge in [-0.05, 0) is 40.2 Å². The van der Waals surface area contributed by atoms with Gasteiger partial charge in [-0.1, -0.05) is 12.1 Å². The molecular weight excluding hydrogens is 350 g/mol. The Hall–Kier alpha value is -2.54. The van der Waals surface area contributed by atoms with Crippen LogP contribution in [-0.2, 0) is 11.3 Å². The van der Waals surface area contributed by atoms with Gasteiger partial charge in [0.1, 0.15) is 0 Å². The number of halogens is 1.